The second-order valence-electron chi connectivity index (χ2n) is 5.77. The van der Waals surface area contributed by atoms with Crippen LogP contribution in [-0.2, 0) is 9.47 Å². The van der Waals surface area contributed by atoms with Gasteiger partial charge in [0.25, 0.3) is 0 Å². The predicted octanol–water partition coefficient (Wildman–Crippen LogP) is 3.31. The molecule has 3 rings (SSSR count). The Morgan fingerprint density at radius 3 is 3.00 bits per heavy atom. The first-order valence-electron chi connectivity index (χ1n) is 7.80. The minimum atomic E-state index is -0.293. The maximum atomic E-state index is 12.5. The Morgan fingerprint density at radius 1 is 1.48 bits per heavy atom. The van der Waals surface area contributed by atoms with Gasteiger partial charge in [-0.05, 0) is 39.2 Å². The third-order valence-electron chi connectivity index (χ3n) is 4.24. The molecule has 0 aromatic carbocycles. The van der Waals surface area contributed by atoms with Gasteiger partial charge in [-0.2, -0.15) is 5.10 Å². The van der Waals surface area contributed by atoms with Gasteiger partial charge >= 0.3 is 5.97 Å². The van der Waals surface area contributed by atoms with E-state index in [1.165, 1.54) is 11.3 Å². The van der Waals surface area contributed by atoms with Crippen molar-refractivity contribution in [3.63, 3.8) is 0 Å². The molecule has 0 amide bonds. The standard InChI is InChI=1S/C16H21N3O3S/c1-10-14(23-15(18-10)11(2)21-3)16(20)22-13-7-4-6-12(13)19-9-5-8-17-19/h5,8-9,11-13H,4,6-7H2,1-3H3/t11-,12-,13-/m1/s1. The first kappa shape index (κ1) is 16.1. The van der Waals surface area contributed by atoms with Crippen LogP contribution in [0.3, 0.4) is 0 Å². The van der Waals surface area contributed by atoms with Crippen LogP contribution < -0.4 is 0 Å². The first-order valence-corrected chi connectivity index (χ1v) is 8.62. The average molecular weight is 335 g/mol. The van der Waals surface area contributed by atoms with Crippen LogP contribution in [0.15, 0.2) is 18.5 Å². The van der Waals surface area contributed by atoms with Gasteiger partial charge in [0.05, 0.1) is 11.7 Å². The maximum absolute atomic E-state index is 12.5. The van der Waals surface area contributed by atoms with Crippen molar-refractivity contribution in [2.24, 2.45) is 0 Å². The molecule has 0 N–H and O–H groups in total. The van der Waals surface area contributed by atoms with Crippen molar-refractivity contribution in [1.29, 1.82) is 0 Å². The van der Waals surface area contributed by atoms with E-state index in [0.29, 0.717) is 10.6 Å². The van der Waals surface area contributed by atoms with Crippen molar-refractivity contribution in [2.45, 2.75) is 51.4 Å². The van der Waals surface area contributed by atoms with Crippen LogP contribution in [0.1, 0.15) is 58.7 Å². The fourth-order valence-electron chi connectivity index (χ4n) is 2.90. The quantitative estimate of drug-likeness (QED) is 0.784. The van der Waals surface area contributed by atoms with Crippen molar-refractivity contribution in [3.05, 3.63) is 34.0 Å². The summed E-state index contributed by atoms with van der Waals surface area (Å²) in [5.74, 6) is -0.293. The van der Waals surface area contributed by atoms with Gasteiger partial charge in [0.1, 0.15) is 22.1 Å². The monoisotopic (exact) mass is 335 g/mol. The van der Waals surface area contributed by atoms with Crippen LogP contribution in [0.4, 0.5) is 0 Å². The Kier molecular flexibility index (Phi) is 4.77. The van der Waals surface area contributed by atoms with Gasteiger partial charge in [0.2, 0.25) is 0 Å². The lowest BCUT2D eigenvalue weighted by Crippen LogP contribution is -2.25. The summed E-state index contributed by atoms with van der Waals surface area (Å²) >= 11 is 1.35. The lowest BCUT2D eigenvalue weighted by molar-refractivity contribution is 0.0214. The molecule has 0 aliphatic heterocycles. The number of esters is 1. The van der Waals surface area contributed by atoms with Crippen molar-refractivity contribution in [2.75, 3.05) is 7.11 Å². The minimum absolute atomic E-state index is 0.122. The molecule has 1 aliphatic rings. The molecule has 3 atom stereocenters. The summed E-state index contributed by atoms with van der Waals surface area (Å²) in [6.07, 6.45) is 6.31. The zero-order valence-corrected chi connectivity index (χ0v) is 14.4. The number of rotatable bonds is 5. The summed E-state index contributed by atoms with van der Waals surface area (Å²) in [6, 6.07) is 2.02. The van der Waals surface area contributed by atoms with Crippen molar-refractivity contribution < 1.29 is 14.3 Å². The largest absolute Gasteiger partial charge is 0.456 e. The number of nitrogens with zero attached hydrogens (tertiary/aromatic N) is 3. The van der Waals surface area contributed by atoms with E-state index in [4.69, 9.17) is 9.47 Å². The number of methoxy groups -OCH3 is 1. The summed E-state index contributed by atoms with van der Waals surface area (Å²) in [4.78, 5) is 17.5. The lowest BCUT2D eigenvalue weighted by Gasteiger charge is -2.20. The van der Waals surface area contributed by atoms with Crippen LogP contribution >= 0.6 is 11.3 Å². The fourth-order valence-corrected chi connectivity index (χ4v) is 3.87. The summed E-state index contributed by atoms with van der Waals surface area (Å²) in [5.41, 5.74) is 0.701. The fraction of sp³-hybridized carbons (Fsp3) is 0.562. The zero-order chi connectivity index (χ0) is 16.4. The Bertz CT molecular complexity index is 668. The van der Waals surface area contributed by atoms with Gasteiger partial charge in [0, 0.05) is 19.5 Å². The third-order valence-corrected chi connectivity index (χ3v) is 5.54. The van der Waals surface area contributed by atoms with E-state index in [0.717, 1.165) is 24.3 Å². The number of thiazole rings is 1. The summed E-state index contributed by atoms with van der Waals surface area (Å²) in [6.45, 7) is 3.75. The molecule has 0 bridgehead atoms. The van der Waals surface area contributed by atoms with Gasteiger partial charge in [-0.25, -0.2) is 9.78 Å². The van der Waals surface area contributed by atoms with Crippen LogP contribution in [0.25, 0.3) is 0 Å². The first-order chi connectivity index (χ1) is 11.1. The van der Waals surface area contributed by atoms with E-state index in [1.54, 1.807) is 13.3 Å². The van der Waals surface area contributed by atoms with E-state index in [1.807, 2.05) is 30.8 Å². The molecule has 6 nitrogen and oxygen atoms in total. The van der Waals surface area contributed by atoms with E-state index >= 15 is 0 Å². The van der Waals surface area contributed by atoms with E-state index < -0.39 is 0 Å². The normalized spacial score (nSPS) is 22.2. The number of carbonyl (C=O) groups is 1. The maximum Gasteiger partial charge on any atom is 0.350 e. The lowest BCUT2D eigenvalue weighted by atomic mass is 10.2. The van der Waals surface area contributed by atoms with Crippen LogP contribution in [0, 0.1) is 6.92 Å². The molecule has 1 saturated carbocycles. The smallest absolute Gasteiger partial charge is 0.350 e. The summed E-state index contributed by atoms with van der Waals surface area (Å²) < 4.78 is 12.9. The molecular formula is C16H21N3O3S. The summed E-state index contributed by atoms with van der Waals surface area (Å²) in [7, 11) is 1.63. The molecule has 2 heterocycles. The van der Waals surface area contributed by atoms with Gasteiger partial charge in [-0.15, -0.1) is 11.3 Å². The minimum Gasteiger partial charge on any atom is -0.456 e. The van der Waals surface area contributed by atoms with Crippen LogP contribution in [0.2, 0.25) is 0 Å². The molecule has 7 heteroatoms. The highest BCUT2D eigenvalue weighted by molar-refractivity contribution is 7.13. The Morgan fingerprint density at radius 2 is 2.30 bits per heavy atom. The SMILES string of the molecule is CO[C@H](C)c1nc(C)c(C(=O)O[C@@H]2CCC[C@H]2n2cccn2)s1. The van der Waals surface area contributed by atoms with Gasteiger partial charge in [-0.1, -0.05) is 0 Å². The second-order valence-corrected chi connectivity index (χ2v) is 6.80. The molecular weight excluding hydrogens is 314 g/mol. The van der Waals surface area contributed by atoms with E-state index in [9.17, 15) is 4.79 Å². The topological polar surface area (TPSA) is 66.2 Å². The number of hydrogen-bond donors (Lipinski definition) is 0. The molecule has 0 unspecified atom stereocenters. The Hall–Kier alpha value is -1.73. The Labute approximate surface area is 139 Å². The number of hydrogen-bond acceptors (Lipinski definition) is 6. The molecule has 1 fully saturated rings. The molecule has 2 aromatic rings. The highest BCUT2D eigenvalue weighted by Crippen LogP contribution is 2.33. The molecule has 124 valence electrons. The van der Waals surface area contributed by atoms with E-state index in [-0.39, 0.29) is 24.2 Å². The second kappa shape index (κ2) is 6.80. The van der Waals surface area contributed by atoms with Crippen molar-refractivity contribution in [1.82, 2.24) is 14.8 Å². The molecule has 0 radical (unpaired) electrons. The number of carbonyl (C=O) groups excluding carboxylic acids is 1. The number of aryl methyl sites for hydroxylation is 1. The van der Waals surface area contributed by atoms with Gasteiger partial charge in [-0.3, -0.25) is 4.68 Å². The van der Waals surface area contributed by atoms with Crippen LogP contribution in [-0.4, -0.2) is 33.9 Å². The average Bonchev–Trinajstić information content (AvgIpc) is 3.25. The molecule has 0 spiro atoms. The van der Waals surface area contributed by atoms with Crippen LogP contribution in [0.5, 0.6) is 0 Å². The number of ether oxygens (including phenoxy) is 2. The highest BCUT2D eigenvalue weighted by atomic mass is 32.1. The van der Waals surface area contributed by atoms with Crippen molar-refractivity contribution >= 4 is 17.3 Å². The molecule has 23 heavy (non-hydrogen) atoms. The Balaban J connectivity index is 1.73. The van der Waals surface area contributed by atoms with E-state index in [2.05, 4.69) is 10.1 Å². The third kappa shape index (κ3) is 3.30. The zero-order valence-electron chi connectivity index (χ0n) is 13.6. The predicted molar refractivity (Wildman–Crippen MR) is 86.6 cm³/mol. The number of aromatic nitrogens is 3. The van der Waals surface area contributed by atoms with Crippen molar-refractivity contribution in [3.8, 4) is 0 Å². The highest BCUT2D eigenvalue weighted by Gasteiger charge is 2.33. The molecule has 1 aliphatic carbocycles. The molecule has 0 saturated heterocycles. The summed E-state index contributed by atoms with van der Waals surface area (Å²) in [5, 5.41) is 5.08. The molecule has 2 aromatic heterocycles. The van der Waals surface area contributed by atoms with Gasteiger partial charge in [0.15, 0.2) is 0 Å². The van der Waals surface area contributed by atoms with Gasteiger partial charge < -0.3 is 9.47 Å².